The van der Waals surface area contributed by atoms with Gasteiger partial charge in [0.05, 0.1) is 5.52 Å². The van der Waals surface area contributed by atoms with Gasteiger partial charge in [-0.25, -0.2) is 4.39 Å². The largest absolute Gasteiger partial charge is 0.324 e. The molecular weight excluding hydrogens is 331 g/mol. The van der Waals surface area contributed by atoms with Gasteiger partial charge in [0.1, 0.15) is 5.82 Å². The van der Waals surface area contributed by atoms with E-state index in [0.29, 0.717) is 6.42 Å². The molecule has 0 bridgehead atoms. The first-order chi connectivity index (χ1) is 10.1. The van der Waals surface area contributed by atoms with E-state index in [2.05, 4.69) is 20.9 Å². The third-order valence-electron chi connectivity index (χ3n) is 3.46. The lowest BCUT2D eigenvalue weighted by molar-refractivity contribution is 0.621. The van der Waals surface area contributed by atoms with Gasteiger partial charge >= 0.3 is 0 Å². The van der Waals surface area contributed by atoms with Crippen molar-refractivity contribution in [3.8, 4) is 0 Å². The number of nitrogens with zero attached hydrogens (tertiary/aromatic N) is 1. The van der Waals surface area contributed by atoms with E-state index in [4.69, 9.17) is 5.73 Å². The minimum atomic E-state index is -0.258. The van der Waals surface area contributed by atoms with Crippen molar-refractivity contribution in [2.24, 2.45) is 5.73 Å². The van der Waals surface area contributed by atoms with Gasteiger partial charge in [-0.1, -0.05) is 34.1 Å². The van der Waals surface area contributed by atoms with Crippen LogP contribution in [0, 0.1) is 5.82 Å². The predicted molar refractivity (Wildman–Crippen MR) is 86.5 cm³/mol. The van der Waals surface area contributed by atoms with Crippen molar-refractivity contribution in [2.45, 2.75) is 12.5 Å². The molecule has 1 atom stereocenters. The fraction of sp³-hybridized carbons (Fsp3) is 0.118. The number of rotatable bonds is 3. The monoisotopic (exact) mass is 344 g/mol. The Labute approximate surface area is 130 Å². The van der Waals surface area contributed by atoms with Crippen LogP contribution in [0.3, 0.4) is 0 Å². The Hall–Kier alpha value is -1.78. The number of hydrogen-bond acceptors (Lipinski definition) is 2. The molecule has 0 saturated carbocycles. The van der Waals surface area contributed by atoms with Crippen LogP contribution in [0.1, 0.15) is 17.2 Å². The zero-order chi connectivity index (χ0) is 14.8. The van der Waals surface area contributed by atoms with Gasteiger partial charge in [0.2, 0.25) is 0 Å². The van der Waals surface area contributed by atoms with E-state index in [-0.39, 0.29) is 11.9 Å². The van der Waals surface area contributed by atoms with Crippen LogP contribution in [0.15, 0.2) is 59.2 Å². The van der Waals surface area contributed by atoms with Crippen molar-refractivity contribution in [3.63, 3.8) is 0 Å². The minimum Gasteiger partial charge on any atom is -0.324 e. The highest BCUT2D eigenvalue weighted by molar-refractivity contribution is 9.10. The summed E-state index contributed by atoms with van der Waals surface area (Å²) in [5.41, 5.74) is 9.15. The van der Waals surface area contributed by atoms with E-state index in [0.717, 1.165) is 26.5 Å². The SMILES string of the molecule is NC(Cc1cc(F)cc(Br)c1)c1ccnc2ccccc12. The predicted octanol–water partition coefficient (Wildman–Crippen LogP) is 4.38. The Balaban J connectivity index is 1.95. The maximum atomic E-state index is 13.5. The zero-order valence-corrected chi connectivity index (χ0v) is 12.8. The van der Waals surface area contributed by atoms with Crippen LogP contribution >= 0.6 is 15.9 Å². The van der Waals surface area contributed by atoms with Gasteiger partial charge in [0, 0.05) is 22.1 Å². The molecule has 2 N–H and O–H groups in total. The van der Waals surface area contributed by atoms with Crippen LogP contribution in [-0.2, 0) is 6.42 Å². The van der Waals surface area contributed by atoms with E-state index in [1.54, 1.807) is 6.20 Å². The van der Waals surface area contributed by atoms with Crippen LogP contribution in [0.5, 0.6) is 0 Å². The smallest absolute Gasteiger partial charge is 0.124 e. The van der Waals surface area contributed by atoms with E-state index < -0.39 is 0 Å². The molecule has 21 heavy (non-hydrogen) atoms. The van der Waals surface area contributed by atoms with Gasteiger partial charge in [-0.05, 0) is 47.9 Å². The highest BCUT2D eigenvalue weighted by Gasteiger charge is 2.12. The van der Waals surface area contributed by atoms with Crippen molar-refractivity contribution >= 4 is 26.8 Å². The standard InChI is InChI=1S/C17H14BrFN2/c18-12-7-11(8-13(19)10-12)9-16(20)14-5-6-21-17-4-2-1-3-15(14)17/h1-8,10,16H,9,20H2. The molecule has 4 heteroatoms. The van der Waals surface area contributed by atoms with Crippen molar-refractivity contribution < 1.29 is 4.39 Å². The van der Waals surface area contributed by atoms with Crippen LogP contribution < -0.4 is 5.73 Å². The first-order valence-electron chi connectivity index (χ1n) is 6.67. The third kappa shape index (κ3) is 3.12. The Kier molecular flexibility index (Phi) is 3.99. The molecule has 0 aliphatic heterocycles. The Morgan fingerprint density at radius 2 is 1.95 bits per heavy atom. The van der Waals surface area contributed by atoms with Gasteiger partial charge in [0.25, 0.3) is 0 Å². The molecule has 3 rings (SSSR count). The molecule has 106 valence electrons. The summed E-state index contributed by atoms with van der Waals surface area (Å²) in [7, 11) is 0. The summed E-state index contributed by atoms with van der Waals surface area (Å²) in [6.07, 6.45) is 2.34. The third-order valence-corrected chi connectivity index (χ3v) is 3.92. The zero-order valence-electron chi connectivity index (χ0n) is 11.3. The summed E-state index contributed by atoms with van der Waals surface area (Å²) >= 11 is 3.31. The van der Waals surface area contributed by atoms with Crippen molar-refractivity contribution in [2.75, 3.05) is 0 Å². The average Bonchev–Trinajstić information content (AvgIpc) is 2.45. The molecule has 0 spiro atoms. The number of hydrogen-bond donors (Lipinski definition) is 1. The average molecular weight is 345 g/mol. The lowest BCUT2D eigenvalue weighted by Gasteiger charge is -2.15. The fourth-order valence-electron chi connectivity index (χ4n) is 2.53. The maximum absolute atomic E-state index is 13.5. The molecule has 0 aliphatic carbocycles. The molecule has 0 aliphatic rings. The van der Waals surface area contributed by atoms with E-state index >= 15 is 0 Å². The molecule has 0 fully saturated rings. The number of benzene rings is 2. The highest BCUT2D eigenvalue weighted by Crippen LogP contribution is 2.25. The highest BCUT2D eigenvalue weighted by atomic mass is 79.9. The summed E-state index contributed by atoms with van der Waals surface area (Å²) in [6.45, 7) is 0. The van der Waals surface area contributed by atoms with Crippen molar-refractivity contribution in [3.05, 3.63) is 76.1 Å². The quantitative estimate of drug-likeness (QED) is 0.765. The van der Waals surface area contributed by atoms with Gasteiger partial charge in [0.15, 0.2) is 0 Å². The van der Waals surface area contributed by atoms with Crippen LogP contribution in [-0.4, -0.2) is 4.98 Å². The number of para-hydroxylation sites is 1. The van der Waals surface area contributed by atoms with Crippen LogP contribution in [0.4, 0.5) is 4.39 Å². The Morgan fingerprint density at radius 3 is 2.76 bits per heavy atom. The minimum absolute atomic E-state index is 0.202. The van der Waals surface area contributed by atoms with Crippen molar-refractivity contribution in [1.82, 2.24) is 4.98 Å². The second-order valence-electron chi connectivity index (χ2n) is 5.01. The molecule has 2 aromatic carbocycles. The number of aromatic nitrogens is 1. The second-order valence-corrected chi connectivity index (χ2v) is 5.92. The molecule has 0 radical (unpaired) electrons. The maximum Gasteiger partial charge on any atom is 0.124 e. The van der Waals surface area contributed by atoms with Gasteiger partial charge in [-0.3, -0.25) is 4.98 Å². The normalized spacial score (nSPS) is 12.5. The van der Waals surface area contributed by atoms with E-state index in [1.165, 1.54) is 12.1 Å². The number of nitrogens with two attached hydrogens (primary N) is 1. The Bertz CT molecular complexity index is 763. The summed E-state index contributed by atoms with van der Waals surface area (Å²) in [5, 5.41) is 1.04. The first-order valence-corrected chi connectivity index (χ1v) is 7.47. The lowest BCUT2D eigenvalue weighted by atomic mass is 9.97. The number of fused-ring (bicyclic) bond motifs is 1. The first kappa shape index (κ1) is 14.2. The van der Waals surface area contributed by atoms with E-state index in [1.807, 2.05) is 36.4 Å². The second kappa shape index (κ2) is 5.92. The van der Waals surface area contributed by atoms with Crippen molar-refractivity contribution in [1.29, 1.82) is 0 Å². The van der Waals surface area contributed by atoms with Gasteiger partial charge in [-0.2, -0.15) is 0 Å². The van der Waals surface area contributed by atoms with Crippen LogP contribution in [0.25, 0.3) is 10.9 Å². The summed E-state index contributed by atoms with van der Waals surface area (Å²) in [4.78, 5) is 4.34. The molecule has 0 saturated heterocycles. The van der Waals surface area contributed by atoms with Gasteiger partial charge < -0.3 is 5.73 Å². The molecule has 1 heterocycles. The fourth-order valence-corrected chi connectivity index (χ4v) is 3.05. The molecule has 1 aromatic heterocycles. The molecule has 2 nitrogen and oxygen atoms in total. The van der Waals surface area contributed by atoms with Crippen LogP contribution in [0.2, 0.25) is 0 Å². The molecule has 0 amide bonds. The Morgan fingerprint density at radius 1 is 1.14 bits per heavy atom. The van der Waals surface area contributed by atoms with E-state index in [9.17, 15) is 4.39 Å². The number of halogens is 2. The van der Waals surface area contributed by atoms with Gasteiger partial charge in [-0.15, -0.1) is 0 Å². The molecule has 1 unspecified atom stereocenters. The lowest BCUT2D eigenvalue weighted by Crippen LogP contribution is -2.14. The molecular formula is C17H14BrFN2. The summed E-state index contributed by atoms with van der Waals surface area (Å²) in [6, 6.07) is 14.5. The summed E-state index contributed by atoms with van der Waals surface area (Å²) in [5.74, 6) is -0.258. The summed E-state index contributed by atoms with van der Waals surface area (Å²) < 4.78 is 14.2. The topological polar surface area (TPSA) is 38.9 Å². The number of pyridine rings is 1. The molecule has 3 aromatic rings.